The molecule has 0 spiro atoms. The Morgan fingerprint density at radius 2 is 2.29 bits per heavy atom. The highest BCUT2D eigenvalue weighted by atomic mass is 79.9. The monoisotopic (exact) mass is 355 g/mol. The number of halogens is 3. The van der Waals surface area contributed by atoms with Crippen molar-refractivity contribution in [3.05, 3.63) is 26.4 Å². The number of hydrogen-bond donors (Lipinski definition) is 0. The maximum Gasteiger partial charge on any atom is 0.209 e. The summed E-state index contributed by atoms with van der Waals surface area (Å²) in [6, 6.07) is 1.98. The minimum Gasteiger partial charge on any atom is -0.439 e. The van der Waals surface area contributed by atoms with E-state index in [4.69, 9.17) is 16.0 Å². The predicted octanol–water partition coefficient (Wildman–Crippen LogP) is 4.67. The lowest BCUT2D eigenvalue weighted by atomic mass is 10.4. The van der Waals surface area contributed by atoms with Crippen LogP contribution in [-0.4, -0.2) is 4.98 Å². The number of alkyl halides is 1. The number of rotatable bonds is 2. The minimum absolute atomic E-state index is 0.299. The Morgan fingerprint density at radius 1 is 1.50 bits per heavy atom. The van der Waals surface area contributed by atoms with Crippen LogP contribution in [0.25, 0.3) is 10.6 Å². The first kappa shape index (κ1) is 10.7. The van der Waals surface area contributed by atoms with Crippen molar-refractivity contribution >= 4 is 54.8 Å². The summed E-state index contributed by atoms with van der Waals surface area (Å²) in [5.41, 5.74) is 0. The van der Waals surface area contributed by atoms with Crippen LogP contribution >= 0.6 is 54.8 Å². The largest absolute Gasteiger partial charge is 0.439 e. The Hall–Kier alpha value is 0.160. The molecule has 2 aromatic rings. The summed E-state index contributed by atoms with van der Waals surface area (Å²) >= 11 is 14.0. The van der Waals surface area contributed by atoms with Gasteiger partial charge in [0.2, 0.25) is 5.89 Å². The Labute approximate surface area is 107 Å². The molecule has 2 aromatic heterocycles. The van der Waals surface area contributed by atoms with Crippen LogP contribution in [0.3, 0.4) is 0 Å². The maximum atomic E-state index is 5.59. The van der Waals surface area contributed by atoms with Crippen LogP contribution in [0, 0.1) is 0 Å². The van der Waals surface area contributed by atoms with Crippen LogP contribution in [0.1, 0.15) is 5.89 Å². The molecule has 0 N–H and O–H groups in total. The van der Waals surface area contributed by atoms with Crippen LogP contribution in [0.5, 0.6) is 0 Å². The number of thiophene rings is 1. The second kappa shape index (κ2) is 4.35. The van der Waals surface area contributed by atoms with Gasteiger partial charge in [-0.3, -0.25) is 0 Å². The van der Waals surface area contributed by atoms with E-state index in [9.17, 15) is 0 Å². The highest BCUT2D eigenvalue weighted by Crippen LogP contribution is 2.38. The van der Waals surface area contributed by atoms with E-state index in [1.807, 2.05) is 6.07 Å². The number of nitrogens with zero attached hydrogens (tertiary/aromatic N) is 1. The van der Waals surface area contributed by atoms with E-state index in [0.29, 0.717) is 11.8 Å². The molecule has 0 unspecified atom stereocenters. The van der Waals surface area contributed by atoms with E-state index >= 15 is 0 Å². The molecule has 14 heavy (non-hydrogen) atoms. The van der Waals surface area contributed by atoms with Gasteiger partial charge in [0.05, 0.1) is 20.7 Å². The molecule has 0 aromatic carbocycles. The molecule has 0 bridgehead atoms. The second-order valence-corrected chi connectivity index (χ2v) is 5.98. The molecule has 2 rings (SSSR count). The summed E-state index contributed by atoms with van der Waals surface area (Å²) in [5.74, 6) is 1.59. The second-order valence-electron chi connectivity index (χ2n) is 2.48. The van der Waals surface area contributed by atoms with Crippen LogP contribution in [0.15, 0.2) is 24.9 Å². The van der Waals surface area contributed by atoms with Crippen molar-refractivity contribution in [2.75, 3.05) is 0 Å². The number of aromatic nitrogens is 1. The molecule has 0 saturated carbocycles. The Kier molecular flexibility index (Phi) is 3.31. The molecule has 0 radical (unpaired) electrons. The van der Waals surface area contributed by atoms with Crippen molar-refractivity contribution in [3.8, 4) is 10.6 Å². The van der Waals surface area contributed by atoms with Gasteiger partial charge in [0.1, 0.15) is 0 Å². The van der Waals surface area contributed by atoms with Gasteiger partial charge < -0.3 is 4.42 Å². The summed E-state index contributed by atoms with van der Waals surface area (Å²) in [7, 11) is 0. The van der Waals surface area contributed by atoms with Crippen molar-refractivity contribution in [3.63, 3.8) is 0 Å². The topological polar surface area (TPSA) is 26.0 Å². The van der Waals surface area contributed by atoms with Gasteiger partial charge >= 0.3 is 0 Å². The normalized spacial score (nSPS) is 10.8. The first-order valence-corrected chi connectivity index (χ1v) is 6.60. The van der Waals surface area contributed by atoms with E-state index < -0.39 is 0 Å². The fourth-order valence-electron chi connectivity index (χ4n) is 0.954. The van der Waals surface area contributed by atoms with Gasteiger partial charge in [-0.15, -0.1) is 22.9 Å². The average molecular weight is 357 g/mol. The van der Waals surface area contributed by atoms with Crippen molar-refractivity contribution in [2.45, 2.75) is 5.88 Å². The Balaban J connectivity index is 2.39. The van der Waals surface area contributed by atoms with Gasteiger partial charge in [0.15, 0.2) is 5.76 Å². The van der Waals surface area contributed by atoms with Crippen LogP contribution in [0.2, 0.25) is 0 Å². The smallest absolute Gasteiger partial charge is 0.209 e. The van der Waals surface area contributed by atoms with E-state index in [2.05, 4.69) is 36.8 Å². The third-order valence-electron chi connectivity index (χ3n) is 1.56. The van der Waals surface area contributed by atoms with Crippen molar-refractivity contribution < 1.29 is 4.42 Å². The highest BCUT2D eigenvalue weighted by Gasteiger charge is 2.10. The maximum absolute atomic E-state index is 5.59. The molecule has 0 aliphatic heterocycles. The molecule has 6 heteroatoms. The van der Waals surface area contributed by atoms with E-state index in [1.54, 1.807) is 17.5 Å². The fourth-order valence-corrected chi connectivity index (χ4v) is 3.06. The molecule has 0 saturated heterocycles. The molecule has 0 fully saturated rings. The first-order valence-electron chi connectivity index (χ1n) is 3.66. The number of oxazole rings is 1. The highest BCUT2D eigenvalue weighted by molar-refractivity contribution is 9.13. The van der Waals surface area contributed by atoms with Crippen molar-refractivity contribution in [1.82, 2.24) is 4.98 Å². The zero-order valence-electron chi connectivity index (χ0n) is 6.76. The van der Waals surface area contributed by atoms with E-state index in [-0.39, 0.29) is 0 Å². The summed E-state index contributed by atoms with van der Waals surface area (Å²) < 4.78 is 7.47. The van der Waals surface area contributed by atoms with Gasteiger partial charge in [0, 0.05) is 4.47 Å². The molecule has 2 nitrogen and oxygen atoms in total. The van der Waals surface area contributed by atoms with Crippen LogP contribution in [0.4, 0.5) is 0 Å². The van der Waals surface area contributed by atoms with Gasteiger partial charge in [-0.2, -0.15) is 0 Å². The lowest BCUT2D eigenvalue weighted by Gasteiger charge is -1.86. The Morgan fingerprint density at radius 3 is 2.79 bits per heavy atom. The lowest BCUT2D eigenvalue weighted by Crippen LogP contribution is -1.70. The lowest BCUT2D eigenvalue weighted by molar-refractivity contribution is 0.530. The zero-order chi connectivity index (χ0) is 10.1. The van der Waals surface area contributed by atoms with Crippen LogP contribution < -0.4 is 0 Å². The van der Waals surface area contributed by atoms with Gasteiger partial charge in [-0.05, 0) is 37.9 Å². The van der Waals surface area contributed by atoms with Crippen molar-refractivity contribution in [1.29, 1.82) is 0 Å². The zero-order valence-corrected chi connectivity index (χ0v) is 11.5. The SMILES string of the molecule is ClCc1ncc(-c2cc(Br)c(Br)s2)o1. The minimum atomic E-state index is 0.299. The number of hydrogen-bond acceptors (Lipinski definition) is 3. The molecular formula is C8H4Br2ClNOS. The van der Waals surface area contributed by atoms with E-state index in [1.165, 1.54) is 0 Å². The third kappa shape index (κ3) is 2.05. The van der Waals surface area contributed by atoms with Gasteiger partial charge in [-0.1, -0.05) is 0 Å². The molecule has 0 aliphatic carbocycles. The van der Waals surface area contributed by atoms with Crippen LogP contribution in [-0.2, 0) is 5.88 Å². The van der Waals surface area contributed by atoms with Gasteiger partial charge in [0.25, 0.3) is 0 Å². The summed E-state index contributed by atoms with van der Waals surface area (Å²) in [5, 5.41) is 0. The van der Waals surface area contributed by atoms with E-state index in [0.717, 1.165) is 18.9 Å². The molecule has 74 valence electrons. The summed E-state index contributed by atoms with van der Waals surface area (Å²) in [6.45, 7) is 0. The average Bonchev–Trinajstić information content (AvgIpc) is 2.74. The first-order chi connectivity index (χ1) is 6.70. The molecule has 0 aliphatic rings. The molecule has 2 heterocycles. The predicted molar refractivity (Wildman–Crippen MR) is 64.8 cm³/mol. The standard InChI is InChI=1S/C8H4Br2ClNOS/c9-4-1-6(14-8(4)10)5-3-12-7(2-11)13-5/h1,3H,2H2. The fraction of sp³-hybridized carbons (Fsp3) is 0.125. The summed E-state index contributed by atoms with van der Waals surface area (Å²) in [4.78, 5) is 5.05. The van der Waals surface area contributed by atoms with Gasteiger partial charge in [-0.25, -0.2) is 4.98 Å². The molecule has 0 atom stereocenters. The quantitative estimate of drug-likeness (QED) is 0.730. The van der Waals surface area contributed by atoms with Crippen molar-refractivity contribution in [2.24, 2.45) is 0 Å². The summed E-state index contributed by atoms with van der Waals surface area (Å²) in [6.07, 6.45) is 1.68. The third-order valence-corrected chi connectivity index (χ3v) is 5.06. The molecule has 0 amide bonds. The molecular weight excluding hydrogens is 353 g/mol. The Bertz CT molecular complexity index is 434.